The summed E-state index contributed by atoms with van der Waals surface area (Å²) in [6.07, 6.45) is 4.98. The zero-order valence-corrected chi connectivity index (χ0v) is 13.3. The van der Waals surface area contributed by atoms with Crippen LogP contribution < -0.4 is 16.0 Å². The summed E-state index contributed by atoms with van der Waals surface area (Å²) in [5, 5.41) is 9.14. The van der Waals surface area contributed by atoms with Crippen LogP contribution in [-0.2, 0) is 0 Å². The minimum atomic E-state index is -0.114. The van der Waals surface area contributed by atoms with Crippen molar-refractivity contribution in [3.05, 3.63) is 29.8 Å². The van der Waals surface area contributed by atoms with E-state index in [1.54, 1.807) is 0 Å². The minimum Gasteiger partial charge on any atom is -0.337 e. The zero-order chi connectivity index (χ0) is 15.3. The first-order chi connectivity index (χ1) is 10.0. The first kappa shape index (κ1) is 15.8. The molecule has 1 saturated carbocycles. The third-order valence-corrected chi connectivity index (χ3v) is 4.56. The Balaban J connectivity index is 1.87. The fraction of sp³-hybridized carbons (Fsp3) is 0.588. The van der Waals surface area contributed by atoms with Crippen LogP contribution in [0.15, 0.2) is 24.3 Å². The molecule has 2 rings (SSSR count). The van der Waals surface area contributed by atoms with E-state index in [4.69, 9.17) is 0 Å². The summed E-state index contributed by atoms with van der Waals surface area (Å²) in [4.78, 5) is 12.0. The van der Waals surface area contributed by atoms with Crippen LogP contribution in [0.3, 0.4) is 0 Å². The molecular formula is C17H27N3O. The lowest BCUT2D eigenvalue weighted by Crippen LogP contribution is -2.36. The number of anilines is 1. The monoisotopic (exact) mass is 289 g/mol. The average molecular weight is 289 g/mol. The molecule has 0 saturated heterocycles. The van der Waals surface area contributed by atoms with Gasteiger partial charge in [-0.2, -0.15) is 0 Å². The quantitative estimate of drug-likeness (QED) is 0.774. The Morgan fingerprint density at radius 3 is 2.71 bits per heavy atom. The highest BCUT2D eigenvalue weighted by molar-refractivity contribution is 5.89. The molecule has 4 nitrogen and oxygen atoms in total. The van der Waals surface area contributed by atoms with Gasteiger partial charge in [-0.05, 0) is 49.9 Å². The normalized spacial score (nSPS) is 18.2. The summed E-state index contributed by atoms with van der Waals surface area (Å²) < 4.78 is 0. The molecule has 1 aromatic rings. The van der Waals surface area contributed by atoms with E-state index in [2.05, 4.69) is 35.9 Å². The summed E-state index contributed by atoms with van der Waals surface area (Å²) in [7, 11) is 1.93. The Morgan fingerprint density at radius 2 is 2.05 bits per heavy atom. The predicted octanol–water partition coefficient (Wildman–Crippen LogP) is 3.67. The summed E-state index contributed by atoms with van der Waals surface area (Å²) in [6.45, 7) is 5.11. The van der Waals surface area contributed by atoms with E-state index in [-0.39, 0.29) is 17.5 Å². The van der Waals surface area contributed by atoms with Gasteiger partial charge >= 0.3 is 6.03 Å². The fourth-order valence-corrected chi connectivity index (χ4v) is 2.93. The number of nitrogens with one attached hydrogen (secondary N) is 3. The van der Waals surface area contributed by atoms with Crippen LogP contribution in [0.5, 0.6) is 0 Å². The van der Waals surface area contributed by atoms with Crippen LogP contribution in [-0.4, -0.2) is 19.6 Å². The molecule has 1 fully saturated rings. The Morgan fingerprint density at radius 1 is 1.33 bits per heavy atom. The van der Waals surface area contributed by atoms with Gasteiger partial charge < -0.3 is 16.0 Å². The first-order valence-corrected chi connectivity index (χ1v) is 7.84. The molecule has 0 radical (unpaired) electrons. The van der Waals surface area contributed by atoms with Crippen LogP contribution in [0.1, 0.15) is 51.1 Å². The standard InChI is InChI=1S/C17H27N3O/c1-13(18-3)14-7-6-8-15(11-14)20-16(21)19-12-17(2)9-4-5-10-17/h6-8,11,13,18H,4-5,9-10,12H2,1-3H3,(H2,19,20,21). The molecule has 0 spiro atoms. The maximum absolute atomic E-state index is 12.0. The van der Waals surface area contributed by atoms with E-state index in [1.165, 1.54) is 25.7 Å². The number of amides is 2. The lowest BCUT2D eigenvalue weighted by molar-refractivity contribution is 0.242. The molecule has 1 aliphatic rings. The molecule has 1 aromatic carbocycles. The molecule has 1 unspecified atom stereocenters. The van der Waals surface area contributed by atoms with Crippen molar-refractivity contribution in [1.82, 2.24) is 10.6 Å². The minimum absolute atomic E-state index is 0.114. The number of hydrogen-bond acceptors (Lipinski definition) is 2. The second-order valence-electron chi connectivity index (χ2n) is 6.46. The van der Waals surface area contributed by atoms with Crippen molar-refractivity contribution in [3.63, 3.8) is 0 Å². The van der Waals surface area contributed by atoms with E-state index in [1.807, 2.05) is 25.2 Å². The van der Waals surface area contributed by atoms with Crippen LogP contribution in [0.2, 0.25) is 0 Å². The number of urea groups is 1. The second-order valence-corrected chi connectivity index (χ2v) is 6.46. The van der Waals surface area contributed by atoms with Crippen LogP contribution in [0, 0.1) is 5.41 Å². The van der Waals surface area contributed by atoms with Gasteiger partial charge in [0.15, 0.2) is 0 Å². The van der Waals surface area contributed by atoms with Gasteiger partial charge in [0.1, 0.15) is 0 Å². The van der Waals surface area contributed by atoms with Gasteiger partial charge in [0.2, 0.25) is 0 Å². The highest BCUT2D eigenvalue weighted by Crippen LogP contribution is 2.36. The largest absolute Gasteiger partial charge is 0.337 e. The van der Waals surface area contributed by atoms with Gasteiger partial charge in [-0.1, -0.05) is 31.9 Å². The van der Waals surface area contributed by atoms with E-state index >= 15 is 0 Å². The van der Waals surface area contributed by atoms with Crippen molar-refractivity contribution >= 4 is 11.7 Å². The topological polar surface area (TPSA) is 53.2 Å². The van der Waals surface area contributed by atoms with Gasteiger partial charge in [0.05, 0.1) is 0 Å². The average Bonchev–Trinajstić information content (AvgIpc) is 2.92. The number of rotatable bonds is 5. The Labute approximate surface area is 127 Å². The summed E-state index contributed by atoms with van der Waals surface area (Å²) in [5.41, 5.74) is 2.28. The van der Waals surface area contributed by atoms with Crippen molar-refractivity contribution in [2.45, 2.75) is 45.6 Å². The first-order valence-electron chi connectivity index (χ1n) is 7.84. The molecule has 0 bridgehead atoms. The summed E-state index contributed by atoms with van der Waals surface area (Å²) in [6, 6.07) is 8.12. The third-order valence-electron chi connectivity index (χ3n) is 4.56. The van der Waals surface area contributed by atoms with Crippen LogP contribution in [0.25, 0.3) is 0 Å². The highest BCUT2D eigenvalue weighted by atomic mass is 16.2. The smallest absolute Gasteiger partial charge is 0.319 e. The van der Waals surface area contributed by atoms with Gasteiger partial charge in [0.25, 0.3) is 0 Å². The summed E-state index contributed by atoms with van der Waals surface area (Å²) in [5.74, 6) is 0. The van der Waals surface area contributed by atoms with Gasteiger partial charge in [0, 0.05) is 18.3 Å². The van der Waals surface area contributed by atoms with Crippen molar-refractivity contribution in [2.75, 3.05) is 18.9 Å². The number of carbonyl (C=O) groups is 1. The Hall–Kier alpha value is -1.55. The maximum atomic E-state index is 12.0. The number of hydrogen-bond donors (Lipinski definition) is 3. The van der Waals surface area contributed by atoms with E-state index in [0.717, 1.165) is 17.8 Å². The fourth-order valence-electron chi connectivity index (χ4n) is 2.93. The predicted molar refractivity (Wildman–Crippen MR) is 87.5 cm³/mol. The summed E-state index contributed by atoms with van der Waals surface area (Å²) >= 11 is 0. The van der Waals surface area contributed by atoms with Crippen molar-refractivity contribution in [1.29, 1.82) is 0 Å². The molecule has 2 amide bonds. The SMILES string of the molecule is CNC(C)c1cccc(NC(=O)NCC2(C)CCCC2)c1. The molecule has 1 atom stereocenters. The molecular weight excluding hydrogens is 262 g/mol. The van der Waals surface area contributed by atoms with Crippen LogP contribution >= 0.6 is 0 Å². The lowest BCUT2D eigenvalue weighted by Gasteiger charge is -2.23. The molecule has 21 heavy (non-hydrogen) atoms. The van der Waals surface area contributed by atoms with Crippen molar-refractivity contribution in [2.24, 2.45) is 5.41 Å². The maximum Gasteiger partial charge on any atom is 0.319 e. The van der Waals surface area contributed by atoms with Gasteiger partial charge in [-0.15, -0.1) is 0 Å². The number of benzene rings is 1. The molecule has 0 heterocycles. The molecule has 0 aliphatic heterocycles. The van der Waals surface area contributed by atoms with E-state index < -0.39 is 0 Å². The van der Waals surface area contributed by atoms with Crippen LogP contribution in [0.4, 0.5) is 10.5 Å². The molecule has 116 valence electrons. The highest BCUT2D eigenvalue weighted by Gasteiger charge is 2.28. The Bertz CT molecular complexity index is 481. The Kier molecular flexibility index (Phi) is 5.23. The second kappa shape index (κ2) is 6.94. The molecule has 4 heteroatoms. The van der Waals surface area contributed by atoms with Crippen molar-refractivity contribution in [3.8, 4) is 0 Å². The zero-order valence-electron chi connectivity index (χ0n) is 13.3. The van der Waals surface area contributed by atoms with Gasteiger partial charge in [-0.3, -0.25) is 0 Å². The molecule has 0 aromatic heterocycles. The third kappa shape index (κ3) is 4.46. The lowest BCUT2D eigenvalue weighted by atomic mass is 9.89. The number of carbonyl (C=O) groups excluding carboxylic acids is 1. The molecule has 3 N–H and O–H groups in total. The molecule has 1 aliphatic carbocycles. The van der Waals surface area contributed by atoms with E-state index in [0.29, 0.717) is 0 Å². The van der Waals surface area contributed by atoms with Crippen molar-refractivity contribution < 1.29 is 4.79 Å². The van der Waals surface area contributed by atoms with Gasteiger partial charge in [-0.25, -0.2) is 4.79 Å². The van der Waals surface area contributed by atoms with E-state index in [9.17, 15) is 4.79 Å².